The highest BCUT2D eigenvalue weighted by Gasteiger charge is 2.42. The van der Waals surface area contributed by atoms with Crippen LogP contribution in [0.3, 0.4) is 0 Å². The molecule has 1 fully saturated rings. The highest BCUT2D eigenvalue weighted by atomic mass is 35.5. The fourth-order valence-electron chi connectivity index (χ4n) is 4.14. The van der Waals surface area contributed by atoms with Crippen LogP contribution in [0, 0.1) is 10.1 Å². The molecule has 7 nitrogen and oxygen atoms in total. The number of nitro benzene ring substituents is 1. The van der Waals surface area contributed by atoms with Crippen LogP contribution in [0.5, 0.6) is 0 Å². The van der Waals surface area contributed by atoms with Gasteiger partial charge in [0.1, 0.15) is 6.04 Å². The molecule has 1 aliphatic heterocycles. The number of benzene rings is 2. The number of pyridine rings is 1. The SMILES string of the molecule is O=[N+]([O-])c1ccc(-n2cccc2[C@@H]2[C@@H](c3ccccn3)NC(=S)N2c2ccc(Cl)cc2)cc1. The summed E-state index contributed by atoms with van der Waals surface area (Å²) in [5, 5.41) is 15.7. The lowest BCUT2D eigenvalue weighted by atomic mass is 10.0. The second kappa shape index (κ2) is 8.65. The molecule has 1 aliphatic rings. The van der Waals surface area contributed by atoms with Gasteiger partial charge in [-0.25, -0.2) is 0 Å². The summed E-state index contributed by atoms with van der Waals surface area (Å²) in [5.74, 6) is 0. The number of aromatic nitrogens is 2. The maximum Gasteiger partial charge on any atom is 0.269 e. The van der Waals surface area contributed by atoms with Crippen LogP contribution in [0.25, 0.3) is 5.69 Å². The Balaban J connectivity index is 1.63. The number of hydrogen-bond donors (Lipinski definition) is 1. The van der Waals surface area contributed by atoms with Gasteiger partial charge in [0.15, 0.2) is 5.11 Å². The van der Waals surface area contributed by atoms with E-state index in [0.29, 0.717) is 10.1 Å². The number of rotatable bonds is 5. The number of thiocarbonyl (C=S) groups is 1. The number of anilines is 1. The fourth-order valence-corrected chi connectivity index (χ4v) is 4.61. The van der Waals surface area contributed by atoms with E-state index in [4.69, 9.17) is 23.8 Å². The summed E-state index contributed by atoms with van der Waals surface area (Å²) < 4.78 is 2.02. The van der Waals surface area contributed by atoms with Gasteiger partial charge < -0.3 is 14.8 Å². The van der Waals surface area contributed by atoms with Crippen molar-refractivity contribution in [1.29, 1.82) is 0 Å². The van der Waals surface area contributed by atoms with Gasteiger partial charge in [0, 0.05) is 46.6 Å². The molecule has 0 amide bonds. The molecule has 0 aliphatic carbocycles. The third kappa shape index (κ3) is 3.94. The van der Waals surface area contributed by atoms with Gasteiger partial charge >= 0.3 is 0 Å². The summed E-state index contributed by atoms with van der Waals surface area (Å²) in [6.07, 6.45) is 3.70. The molecule has 0 unspecified atom stereocenters. The Kier molecular flexibility index (Phi) is 5.53. The predicted molar refractivity (Wildman–Crippen MR) is 132 cm³/mol. The van der Waals surface area contributed by atoms with E-state index in [2.05, 4.69) is 15.2 Å². The van der Waals surface area contributed by atoms with Crippen molar-refractivity contribution in [1.82, 2.24) is 14.9 Å². The predicted octanol–water partition coefficient (Wildman–Crippen LogP) is 5.61. The maximum absolute atomic E-state index is 11.1. The summed E-state index contributed by atoms with van der Waals surface area (Å²) in [7, 11) is 0. The lowest BCUT2D eigenvalue weighted by Gasteiger charge is -2.29. The average Bonchev–Trinajstić information content (AvgIpc) is 3.44. The minimum absolute atomic E-state index is 0.0466. The molecule has 9 heteroatoms. The monoisotopic (exact) mass is 475 g/mol. The maximum atomic E-state index is 11.1. The number of halogens is 1. The third-order valence-electron chi connectivity index (χ3n) is 5.62. The third-order valence-corrected chi connectivity index (χ3v) is 6.19. The van der Waals surface area contributed by atoms with Crippen LogP contribution in [0.2, 0.25) is 5.02 Å². The smallest absolute Gasteiger partial charge is 0.269 e. The first kappa shape index (κ1) is 21.1. The molecule has 0 saturated carbocycles. The lowest BCUT2D eigenvalue weighted by molar-refractivity contribution is -0.384. The lowest BCUT2D eigenvalue weighted by Crippen LogP contribution is -2.30. The minimum atomic E-state index is -0.404. The van der Waals surface area contributed by atoms with Crippen molar-refractivity contribution in [3.05, 3.63) is 118 Å². The molecule has 2 aromatic carbocycles. The van der Waals surface area contributed by atoms with E-state index in [1.54, 1.807) is 18.3 Å². The molecule has 1 N–H and O–H groups in total. The van der Waals surface area contributed by atoms with Crippen LogP contribution in [0.4, 0.5) is 11.4 Å². The van der Waals surface area contributed by atoms with Crippen LogP contribution in [0.1, 0.15) is 23.5 Å². The topological polar surface area (TPSA) is 76.2 Å². The molecule has 3 heterocycles. The van der Waals surface area contributed by atoms with E-state index in [1.807, 2.05) is 65.4 Å². The van der Waals surface area contributed by atoms with Crippen LogP contribution >= 0.6 is 23.8 Å². The van der Waals surface area contributed by atoms with Gasteiger partial charge in [-0.2, -0.15) is 0 Å². The molecule has 0 radical (unpaired) electrons. The molecule has 0 spiro atoms. The van der Waals surface area contributed by atoms with E-state index in [9.17, 15) is 10.1 Å². The molecule has 33 heavy (non-hydrogen) atoms. The Hall–Kier alpha value is -3.75. The number of nitro groups is 1. The minimum Gasteiger partial charge on any atom is -0.351 e. The summed E-state index contributed by atoms with van der Waals surface area (Å²) >= 11 is 11.9. The molecule has 2 atom stereocenters. The fraction of sp³-hybridized carbons (Fsp3) is 0.0833. The van der Waals surface area contributed by atoms with Crippen LogP contribution in [-0.2, 0) is 0 Å². The van der Waals surface area contributed by atoms with Crippen LogP contribution in [0.15, 0.2) is 91.3 Å². The molecule has 5 rings (SSSR count). The summed E-state index contributed by atoms with van der Waals surface area (Å²) in [6.45, 7) is 0. The normalized spacial score (nSPS) is 17.7. The second-order valence-electron chi connectivity index (χ2n) is 7.55. The van der Waals surface area contributed by atoms with Gasteiger partial charge in [0.05, 0.1) is 16.7 Å². The first-order valence-corrected chi connectivity index (χ1v) is 11.0. The zero-order chi connectivity index (χ0) is 22.9. The summed E-state index contributed by atoms with van der Waals surface area (Å²) in [4.78, 5) is 17.3. The van der Waals surface area contributed by atoms with Gasteiger partial charge in [-0.15, -0.1) is 0 Å². The average molecular weight is 476 g/mol. The first-order chi connectivity index (χ1) is 16.0. The summed E-state index contributed by atoms with van der Waals surface area (Å²) in [5.41, 5.74) is 3.58. The summed E-state index contributed by atoms with van der Waals surface area (Å²) in [6, 6.07) is 23.4. The Morgan fingerprint density at radius 2 is 1.70 bits per heavy atom. The van der Waals surface area contributed by atoms with Crippen molar-refractivity contribution in [2.75, 3.05) is 4.90 Å². The first-order valence-electron chi connectivity index (χ1n) is 10.2. The zero-order valence-corrected chi connectivity index (χ0v) is 18.8. The van der Waals surface area contributed by atoms with Crippen LogP contribution in [-0.4, -0.2) is 19.6 Å². The molecule has 164 valence electrons. The van der Waals surface area contributed by atoms with Crippen molar-refractivity contribution >= 4 is 40.3 Å². The molecular weight excluding hydrogens is 458 g/mol. The van der Waals surface area contributed by atoms with Gasteiger partial charge in [0.25, 0.3) is 5.69 Å². The van der Waals surface area contributed by atoms with E-state index >= 15 is 0 Å². The molecular formula is C24H18ClN5O2S. The molecule has 4 aromatic rings. The second-order valence-corrected chi connectivity index (χ2v) is 8.37. The van der Waals surface area contributed by atoms with E-state index < -0.39 is 4.92 Å². The quantitative estimate of drug-likeness (QED) is 0.229. The standard InChI is InChI=1S/C24H18ClN5O2S/c25-16-6-8-18(9-7-16)29-23(22(27-24(29)33)20-4-1-2-14-26-20)21-5-3-15-28(21)17-10-12-19(13-11-17)30(31)32/h1-15,22-23H,(H,27,33)/t22-,23-/m1/s1. The largest absolute Gasteiger partial charge is 0.351 e. The van der Waals surface area contributed by atoms with Crippen molar-refractivity contribution in [2.24, 2.45) is 0 Å². The molecule has 0 bridgehead atoms. The van der Waals surface area contributed by atoms with Crippen molar-refractivity contribution in [3.8, 4) is 5.69 Å². The van der Waals surface area contributed by atoms with Crippen molar-refractivity contribution < 1.29 is 4.92 Å². The number of nitrogens with one attached hydrogen (secondary N) is 1. The Bertz CT molecular complexity index is 1310. The van der Waals surface area contributed by atoms with Gasteiger partial charge in [0.2, 0.25) is 0 Å². The van der Waals surface area contributed by atoms with E-state index in [-0.39, 0.29) is 17.8 Å². The van der Waals surface area contributed by atoms with Crippen LogP contribution < -0.4 is 10.2 Å². The van der Waals surface area contributed by atoms with Crippen molar-refractivity contribution in [2.45, 2.75) is 12.1 Å². The number of non-ortho nitro benzene ring substituents is 1. The highest BCUT2D eigenvalue weighted by Crippen LogP contribution is 2.42. The molecule has 1 saturated heterocycles. The number of hydrogen-bond acceptors (Lipinski definition) is 4. The Labute approximate surface area is 200 Å². The Morgan fingerprint density at radius 3 is 2.36 bits per heavy atom. The zero-order valence-electron chi connectivity index (χ0n) is 17.2. The van der Waals surface area contributed by atoms with Gasteiger partial charge in [-0.05, 0) is 72.9 Å². The van der Waals surface area contributed by atoms with Gasteiger partial charge in [-0.1, -0.05) is 17.7 Å². The van der Waals surface area contributed by atoms with E-state index in [1.165, 1.54) is 12.1 Å². The molecule has 2 aromatic heterocycles. The Morgan fingerprint density at radius 1 is 0.970 bits per heavy atom. The van der Waals surface area contributed by atoms with E-state index in [0.717, 1.165) is 22.8 Å². The van der Waals surface area contributed by atoms with Gasteiger partial charge in [-0.3, -0.25) is 15.1 Å². The highest BCUT2D eigenvalue weighted by molar-refractivity contribution is 7.80. The number of nitrogens with zero attached hydrogens (tertiary/aromatic N) is 4. The van der Waals surface area contributed by atoms with Crippen molar-refractivity contribution in [3.63, 3.8) is 0 Å².